The molecule has 0 bridgehead atoms. The van der Waals surface area contributed by atoms with E-state index < -0.39 is 10.0 Å². The van der Waals surface area contributed by atoms with E-state index >= 15 is 0 Å². The fraction of sp³-hybridized carbons (Fsp3) is 0.316. The quantitative estimate of drug-likeness (QED) is 0.645. The zero-order valence-electron chi connectivity index (χ0n) is 15.6. The summed E-state index contributed by atoms with van der Waals surface area (Å²) in [7, 11) is -0.683. The smallest absolute Gasteiger partial charge is 0.243 e. The Morgan fingerprint density at radius 3 is 2.30 bits per heavy atom. The van der Waals surface area contributed by atoms with E-state index in [1.807, 2.05) is 30.5 Å². The fourth-order valence-corrected chi connectivity index (χ4v) is 3.94. The molecule has 0 aliphatic rings. The third-order valence-electron chi connectivity index (χ3n) is 4.03. The monoisotopic (exact) mass is 408 g/mol. The number of hydrogen-bond donors (Lipinski definition) is 1. The van der Waals surface area contributed by atoms with Crippen LogP contribution in [0.15, 0.2) is 58.3 Å². The van der Waals surface area contributed by atoms with Crippen LogP contribution in [0.4, 0.5) is 0 Å². The zero-order valence-corrected chi connectivity index (χ0v) is 17.3. The van der Waals surface area contributed by atoms with Crippen molar-refractivity contribution >= 4 is 27.7 Å². The summed E-state index contributed by atoms with van der Waals surface area (Å²) in [6.07, 6.45) is 2.58. The Bertz CT molecular complexity index is 850. The number of carbonyl (C=O) groups is 1. The van der Waals surface area contributed by atoms with Crippen LogP contribution in [0.3, 0.4) is 0 Å². The van der Waals surface area contributed by atoms with Crippen molar-refractivity contribution in [3.63, 3.8) is 0 Å². The molecular weight excluding hydrogens is 384 g/mol. The molecule has 0 aliphatic carbocycles. The number of rotatable bonds is 9. The third-order valence-corrected chi connectivity index (χ3v) is 6.59. The molecule has 2 rings (SSSR count). The highest BCUT2D eigenvalue weighted by Gasteiger charge is 2.22. The van der Waals surface area contributed by atoms with Gasteiger partial charge in [0.1, 0.15) is 5.75 Å². The molecule has 146 valence electrons. The maximum absolute atomic E-state index is 12.6. The molecule has 1 amide bonds. The minimum Gasteiger partial charge on any atom is -0.497 e. The molecule has 0 fully saturated rings. The zero-order chi connectivity index (χ0) is 19.9. The van der Waals surface area contributed by atoms with Crippen LogP contribution in [-0.4, -0.2) is 52.1 Å². The third kappa shape index (κ3) is 5.98. The van der Waals surface area contributed by atoms with Gasteiger partial charge in [0.05, 0.1) is 18.6 Å². The van der Waals surface area contributed by atoms with Gasteiger partial charge in [0.2, 0.25) is 15.9 Å². The van der Waals surface area contributed by atoms with E-state index in [1.165, 1.54) is 18.8 Å². The van der Waals surface area contributed by atoms with Crippen molar-refractivity contribution in [3.05, 3.63) is 54.1 Å². The van der Waals surface area contributed by atoms with Gasteiger partial charge in [0.25, 0.3) is 0 Å². The highest BCUT2D eigenvalue weighted by Crippen LogP contribution is 2.19. The number of nitrogens with one attached hydrogen (secondary N) is 1. The first kappa shape index (κ1) is 21.3. The van der Waals surface area contributed by atoms with E-state index in [4.69, 9.17) is 4.74 Å². The van der Waals surface area contributed by atoms with Crippen molar-refractivity contribution in [2.24, 2.45) is 0 Å². The first-order valence-electron chi connectivity index (χ1n) is 8.37. The highest BCUT2D eigenvalue weighted by atomic mass is 32.2. The molecule has 0 saturated heterocycles. The predicted molar refractivity (Wildman–Crippen MR) is 108 cm³/mol. The summed E-state index contributed by atoms with van der Waals surface area (Å²) in [6.45, 7) is 0.205. The number of amides is 1. The lowest BCUT2D eigenvalue weighted by Crippen LogP contribution is -2.39. The minimum atomic E-state index is -3.69. The minimum absolute atomic E-state index is 0.175. The Morgan fingerprint density at radius 2 is 1.74 bits per heavy atom. The normalized spacial score (nSPS) is 11.4. The maximum Gasteiger partial charge on any atom is 0.243 e. The molecule has 0 saturated carbocycles. The van der Waals surface area contributed by atoms with Gasteiger partial charge >= 0.3 is 0 Å². The number of ether oxygens (including phenoxy) is 1. The van der Waals surface area contributed by atoms with Gasteiger partial charge in [-0.15, -0.1) is 11.8 Å². The highest BCUT2D eigenvalue weighted by molar-refractivity contribution is 7.98. The predicted octanol–water partition coefficient (Wildman–Crippen LogP) is 2.40. The second kappa shape index (κ2) is 9.77. The number of nitrogens with zero attached hydrogens (tertiary/aromatic N) is 1. The van der Waals surface area contributed by atoms with Crippen LogP contribution < -0.4 is 10.1 Å². The molecule has 0 radical (unpaired) electrons. The Balaban J connectivity index is 1.86. The van der Waals surface area contributed by atoms with E-state index in [9.17, 15) is 13.2 Å². The van der Waals surface area contributed by atoms with Crippen LogP contribution in [0, 0.1) is 0 Å². The SMILES string of the molecule is COc1ccc(CCNC(=O)CN(C)S(=O)(=O)c2ccc(SC)cc2)cc1. The van der Waals surface area contributed by atoms with Gasteiger partial charge in [-0.25, -0.2) is 8.42 Å². The standard InChI is InChI=1S/C19H24N2O4S2/c1-21(27(23,24)18-10-8-17(26-3)9-11-18)14-19(22)20-13-12-15-4-6-16(25-2)7-5-15/h4-11H,12-14H2,1-3H3,(H,20,22). The number of hydrogen-bond acceptors (Lipinski definition) is 5. The number of thioether (sulfide) groups is 1. The summed E-state index contributed by atoms with van der Waals surface area (Å²) in [6, 6.07) is 14.2. The lowest BCUT2D eigenvalue weighted by atomic mass is 10.1. The first-order chi connectivity index (χ1) is 12.9. The van der Waals surface area contributed by atoms with Gasteiger partial charge in [-0.05, 0) is 54.6 Å². The summed E-state index contributed by atoms with van der Waals surface area (Å²) in [5.74, 6) is 0.440. The Kier molecular flexibility index (Phi) is 7.70. The number of sulfonamides is 1. The number of benzene rings is 2. The van der Waals surface area contributed by atoms with Gasteiger partial charge < -0.3 is 10.1 Å². The Labute approximate surface area is 165 Å². The van der Waals surface area contributed by atoms with E-state index in [2.05, 4.69) is 5.32 Å². The molecule has 0 atom stereocenters. The molecule has 27 heavy (non-hydrogen) atoms. The van der Waals surface area contributed by atoms with Crippen molar-refractivity contribution < 1.29 is 17.9 Å². The van der Waals surface area contributed by atoms with E-state index in [-0.39, 0.29) is 17.3 Å². The van der Waals surface area contributed by atoms with Gasteiger partial charge in [-0.2, -0.15) is 4.31 Å². The molecule has 6 nitrogen and oxygen atoms in total. The summed E-state index contributed by atoms with van der Waals surface area (Å²) < 4.78 is 31.3. The van der Waals surface area contributed by atoms with E-state index in [0.29, 0.717) is 13.0 Å². The van der Waals surface area contributed by atoms with Crippen molar-refractivity contribution in [1.29, 1.82) is 0 Å². The van der Waals surface area contributed by atoms with E-state index in [1.54, 1.807) is 31.4 Å². The van der Waals surface area contributed by atoms with Crippen LogP contribution in [0.5, 0.6) is 5.75 Å². The van der Waals surface area contributed by atoms with Gasteiger partial charge in [0, 0.05) is 18.5 Å². The van der Waals surface area contributed by atoms with Crippen molar-refractivity contribution in [2.45, 2.75) is 16.2 Å². The molecule has 2 aromatic rings. The van der Waals surface area contributed by atoms with Crippen LogP contribution >= 0.6 is 11.8 Å². The fourth-order valence-electron chi connectivity index (χ4n) is 2.41. The van der Waals surface area contributed by atoms with Crippen molar-refractivity contribution in [1.82, 2.24) is 9.62 Å². The molecule has 0 aromatic heterocycles. The average molecular weight is 409 g/mol. The Hall–Kier alpha value is -2.03. The second-order valence-corrected chi connectivity index (χ2v) is 8.81. The summed E-state index contributed by atoms with van der Waals surface area (Å²) >= 11 is 1.54. The number of likely N-dealkylation sites (N-methyl/N-ethyl adjacent to an activating group) is 1. The van der Waals surface area contributed by atoms with Crippen molar-refractivity contribution in [3.8, 4) is 5.75 Å². The van der Waals surface area contributed by atoms with E-state index in [0.717, 1.165) is 20.5 Å². The molecule has 8 heteroatoms. The molecule has 0 spiro atoms. The molecule has 0 unspecified atom stereocenters. The molecule has 0 aliphatic heterocycles. The molecule has 1 N–H and O–H groups in total. The van der Waals surface area contributed by atoms with Gasteiger partial charge in [-0.3, -0.25) is 4.79 Å². The molecular formula is C19H24N2O4S2. The lowest BCUT2D eigenvalue weighted by Gasteiger charge is -2.17. The molecule has 0 heterocycles. The lowest BCUT2D eigenvalue weighted by molar-refractivity contribution is -0.121. The summed E-state index contributed by atoms with van der Waals surface area (Å²) in [4.78, 5) is 13.2. The summed E-state index contributed by atoms with van der Waals surface area (Å²) in [5.41, 5.74) is 1.06. The summed E-state index contributed by atoms with van der Waals surface area (Å²) in [5, 5.41) is 2.75. The maximum atomic E-state index is 12.6. The van der Waals surface area contributed by atoms with Crippen LogP contribution in [0.2, 0.25) is 0 Å². The number of methoxy groups -OCH3 is 1. The van der Waals surface area contributed by atoms with Crippen LogP contribution in [-0.2, 0) is 21.2 Å². The van der Waals surface area contributed by atoms with Crippen LogP contribution in [0.1, 0.15) is 5.56 Å². The number of carbonyl (C=O) groups excluding carboxylic acids is 1. The van der Waals surface area contributed by atoms with Gasteiger partial charge in [-0.1, -0.05) is 12.1 Å². The Morgan fingerprint density at radius 1 is 1.11 bits per heavy atom. The van der Waals surface area contributed by atoms with Crippen molar-refractivity contribution in [2.75, 3.05) is 33.5 Å². The molecule has 2 aromatic carbocycles. The van der Waals surface area contributed by atoms with Gasteiger partial charge in [0.15, 0.2) is 0 Å². The largest absolute Gasteiger partial charge is 0.497 e. The average Bonchev–Trinajstić information content (AvgIpc) is 2.68. The topological polar surface area (TPSA) is 75.7 Å². The first-order valence-corrected chi connectivity index (χ1v) is 11.0. The second-order valence-electron chi connectivity index (χ2n) is 5.88. The van der Waals surface area contributed by atoms with Crippen LogP contribution in [0.25, 0.3) is 0 Å².